The van der Waals surface area contributed by atoms with Crippen molar-refractivity contribution in [2.24, 2.45) is 5.73 Å². The maximum absolute atomic E-state index is 5.53. The molecule has 3 aromatic rings. The highest BCUT2D eigenvalue weighted by Crippen LogP contribution is 2.29. The molecule has 0 unspecified atom stereocenters. The predicted molar refractivity (Wildman–Crippen MR) is 64.2 cm³/mol. The molecule has 5 nitrogen and oxygen atoms in total. The highest BCUT2D eigenvalue weighted by atomic mass is 16.5. The maximum atomic E-state index is 5.53. The first kappa shape index (κ1) is 10.0. The van der Waals surface area contributed by atoms with Crippen molar-refractivity contribution in [3.05, 3.63) is 35.9 Å². The molecule has 5 heteroatoms. The third kappa shape index (κ3) is 1.52. The summed E-state index contributed by atoms with van der Waals surface area (Å²) in [7, 11) is 0. The molecule has 0 bridgehead atoms. The van der Waals surface area contributed by atoms with E-state index in [9.17, 15) is 0 Å². The van der Waals surface area contributed by atoms with E-state index >= 15 is 0 Å². The lowest BCUT2D eigenvalue weighted by atomic mass is 10.1. The SMILES string of the molecule is Cc1ccc(-c2cnc(CN)[nH]2)c2oncc12. The van der Waals surface area contributed by atoms with Gasteiger partial charge in [0.15, 0.2) is 5.58 Å². The molecule has 0 fully saturated rings. The lowest BCUT2D eigenvalue weighted by molar-refractivity contribution is 0.457. The first-order valence-corrected chi connectivity index (χ1v) is 5.38. The zero-order valence-corrected chi connectivity index (χ0v) is 9.40. The summed E-state index contributed by atoms with van der Waals surface area (Å²) in [4.78, 5) is 7.34. The standard InChI is InChI=1S/C12H12N4O/c1-7-2-3-8(12-9(7)5-15-17-12)10-6-14-11(4-13)16-10/h2-3,5-6H,4,13H2,1H3,(H,14,16). The Morgan fingerprint density at radius 3 is 3.00 bits per heavy atom. The zero-order valence-electron chi connectivity index (χ0n) is 9.40. The van der Waals surface area contributed by atoms with Crippen molar-refractivity contribution in [1.82, 2.24) is 15.1 Å². The van der Waals surface area contributed by atoms with Crippen LogP contribution in [0.4, 0.5) is 0 Å². The Balaban J connectivity index is 2.23. The third-order valence-corrected chi connectivity index (χ3v) is 2.85. The van der Waals surface area contributed by atoms with Crippen molar-refractivity contribution in [2.75, 3.05) is 0 Å². The van der Waals surface area contributed by atoms with Crippen molar-refractivity contribution in [3.8, 4) is 11.3 Å². The van der Waals surface area contributed by atoms with Crippen LogP contribution < -0.4 is 5.73 Å². The molecule has 17 heavy (non-hydrogen) atoms. The lowest BCUT2D eigenvalue weighted by Gasteiger charge is -2.00. The molecule has 3 N–H and O–H groups in total. The molecule has 2 heterocycles. The Morgan fingerprint density at radius 1 is 1.35 bits per heavy atom. The summed E-state index contributed by atoms with van der Waals surface area (Å²) >= 11 is 0. The number of aryl methyl sites for hydroxylation is 1. The van der Waals surface area contributed by atoms with Gasteiger partial charge in [0.25, 0.3) is 0 Å². The van der Waals surface area contributed by atoms with E-state index in [0.29, 0.717) is 6.54 Å². The molecule has 0 saturated carbocycles. The fraction of sp³-hybridized carbons (Fsp3) is 0.167. The van der Waals surface area contributed by atoms with Crippen molar-refractivity contribution in [1.29, 1.82) is 0 Å². The Hall–Kier alpha value is -2.14. The summed E-state index contributed by atoms with van der Waals surface area (Å²) < 4.78 is 5.30. The van der Waals surface area contributed by atoms with Gasteiger partial charge in [-0.25, -0.2) is 4.98 Å². The third-order valence-electron chi connectivity index (χ3n) is 2.85. The van der Waals surface area contributed by atoms with Gasteiger partial charge in [0.2, 0.25) is 0 Å². The molecule has 86 valence electrons. The molecule has 0 spiro atoms. The molecular weight excluding hydrogens is 216 g/mol. The molecule has 0 aliphatic carbocycles. The number of hydrogen-bond acceptors (Lipinski definition) is 4. The van der Waals surface area contributed by atoms with Crippen LogP contribution >= 0.6 is 0 Å². The Kier molecular flexibility index (Phi) is 2.19. The summed E-state index contributed by atoms with van der Waals surface area (Å²) in [6.45, 7) is 2.42. The number of fused-ring (bicyclic) bond motifs is 1. The van der Waals surface area contributed by atoms with Gasteiger partial charge in [-0.05, 0) is 18.6 Å². The maximum Gasteiger partial charge on any atom is 0.176 e. The number of H-pyrrole nitrogens is 1. The highest BCUT2D eigenvalue weighted by Gasteiger charge is 2.11. The summed E-state index contributed by atoms with van der Waals surface area (Å²) in [5.74, 6) is 0.758. The Labute approximate surface area is 97.6 Å². The minimum atomic E-state index is 0.394. The van der Waals surface area contributed by atoms with Crippen LogP contribution in [0.3, 0.4) is 0 Å². The predicted octanol–water partition coefficient (Wildman–Crippen LogP) is 1.99. The van der Waals surface area contributed by atoms with Gasteiger partial charge in [-0.1, -0.05) is 11.2 Å². The molecular formula is C12H12N4O. The molecule has 0 amide bonds. The van der Waals surface area contributed by atoms with Gasteiger partial charge in [-0.15, -0.1) is 0 Å². The van der Waals surface area contributed by atoms with Crippen molar-refractivity contribution in [2.45, 2.75) is 13.5 Å². The van der Waals surface area contributed by atoms with Crippen LogP contribution in [0.2, 0.25) is 0 Å². The number of benzene rings is 1. The minimum absolute atomic E-state index is 0.394. The lowest BCUT2D eigenvalue weighted by Crippen LogP contribution is -1.97. The van der Waals surface area contributed by atoms with E-state index < -0.39 is 0 Å². The molecule has 0 radical (unpaired) electrons. The first-order valence-electron chi connectivity index (χ1n) is 5.38. The van der Waals surface area contributed by atoms with E-state index in [2.05, 4.69) is 15.1 Å². The molecule has 2 aromatic heterocycles. The van der Waals surface area contributed by atoms with Gasteiger partial charge in [0.1, 0.15) is 5.82 Å². The van der Waals surface area contributed by atoms with Crippen molar-refractivity contribution < 1.29 is 4.52 Å². The largest absolute Gasteiger partial charge is 0.356 e. The topological polar surface area (TPSA) is 80.7 Å². The number of nitrogens with one attached hydrogen (secondary N) is 1. The van der Waals surface area contributed by atoms with Crippen LogP contribution in [-0.2, 0) is 6.54 Å². The molecule has 3 rings (SSSR count). The average Bonchev–Trinajstić information content (AvgIpc) is 2.98. The molecule has 0 aliphatic rings. The molecule has 1 aromatic carbocycles. The summed E-state index contributed by atoms with van der Waals surface area (Å²) in [5.41, 5.74) is 9.30. The molecule has 0 aliphatic heterocycles. The number of aromatic amines is 1. The van der Waals surface area contributed by atoms with Gasteiger partial charge in [-0.2, -0.15) is 0 Å². The summed E-state index contributed by atoms with van der Waals surface area (Å²) in [6, 6.07) is 4.04. The molecule has 0 atom stereocenters. The smallest absolute Gasteiger partial charge is 0.176 e. The summed E-state index contributed by atoms with van der Waals surface area (Å²) in [6.07, 6.45) is 3.49. The highest BCUT2D eigenvalue weighted by molar-refractivity contribution is 5.92. The van der Waals surface area contributed by atoms with E-state index in [4.69, 9.17) is 10.3 Å². The van der Waals surface area contributed by atoms with Gasteiger partial charge >= 0.3 is 0 Å². The van der Waals surface area contributed by atoms with Gasteiger partial charge < -0.3 is 15.2 Å². The Bertz CT molecular complexity index is 668. The number of nitrogens with zero attached hydrogens (tertiary/aromatic N) is 2. The fourth-order valence-corrected chi connectivity index (χ4v) is 1.90. The van der Waals surface area contributed by atoms with Crippen LogP contribution in [0.25, 0.3) is 22.2 Å². The second kappa shape index (κ2) is 3.71. The number of hydrogen-bond donors (Lipinski definition) is 2. The van der Waals surface area contributed by atoms with Gasteiger partial charge in [0, 0.05) is 10.9 Å². The molecule has 0 saturated heterocycles. The van der Waals surface area contributed by atoms with Crippen LogP contribution in [0.15, 0.2) is 29.0 Å². The van der Waals surface area contributed by atoms with Crippen molar-refractivity contribution >= 4 is 11.0 Å². The van der Waals surface area contributed by atoms with Crippen LogP contribution in [0, 0.1) is 6.92 Å². The van der Waals surface area contributed by atoms with E-state index in [1.54, 1.807) is 12.4 Å². The second-order valence-electron chi connectivity index (χ2n) is 3.95. The monoisotopic (exact) mass is 228 g/mol. The number of rotatable bonds is 2. The first-order chi connectivity index (χ1) is 8.29. The van der Waals surface area contributed by atoms with E-state index in [1.165, 1.54) is 0 Å². The van der Waals surface area contributed by atoms with Crippen molar-refractivity contribution in [3.63, 3.8) is 0 Å². The van der Waals surface area contributed by atoms with Gasteiger partial charge in [-0.3, -0.25) is 0 Å². The zero-order chi connectivity index (χ0) is 11.8. The number of aromatic nitrogens is 3. The minimum Gasteiger partial charge on any atom is -0.356 e. The summed E-state index contributed by atoms with van der Waals surface area (Å²) in [5, 5.41) is 4.86. The quantitative estimate of drug-likeness (QED) is 0.702. The average molecular weight is 228 g/mol. The normalized spacial score (nSPS) is 11.2. The van der Waals surface area contributed by atoms with E-state index in [1.807, 2.05) is 19.1 Å². The van der Waals surface area contributed by atoms with E-state index in [0.717, 1.165) is 33.6 Å². The fourth-order valence-electron chi connectivity index (χ4n) is 1.90. The van der Waals surface area contributed by atoms with Crippen LogP contribution in [0.1, 0.15) is 11.4 Å². The van der Waals surface area contributed by atoms with E-state index in [-0.39, 0.29) is 0 Å². The number of imidazole rings is 1. The Morgan fingerprint density at radius 2 is 2.24 bits per heavy atom. The number of nitrogens with two attached hydrogens (primary N) is 1. The van der Waals surface area contributed by atoms with Crippen LogP contribution in [-0.4, -0.2) is 15.1 Å². The van der Waals surface area contributed by atoms with Crippen LogP contribution in [0.5, 0.6) is 0 Å². The van der Waals surface area contributed by atoms with Gasteiger partial charge in [0.05, 0.1) is 24.6 Å². The second-order valence-corrected chi connectivity index (χ2v) is 3.95.